The first-order valence-electron chi connectivity index (χ1n) is 9.00. The van der Waals surface area contributed by atoms with Crippen LogP contribution >= 0.6 is 22.9 Å². The van der Waals surface area contributed by atoms with Gasteiger partial charge in [0.25, 0.3) is 5.91 Å². The lowest BCUT2D eigenvalue weighted by molar-refractivity contribution is -0.112. The Balaban J connectivity index is 1.47. The van der Waals surface area contributed by atoms with Crippen molar-refractivity contribution in [1.82, 2.24) is 10.2 Å². The van der Waals surface area contributed by atoms with E-state index in [0.29, 0.717) is 21.7 Å². The van der Waals surface area contributed by atoms with Crippen LogP contribution in [0.3, 0.4) is 0 Å². The molecule has 1 aromatic carbocycles. The average Bonchev–Trinajstić information content (AvgIpc) is 3.48. The minimum atomic E-state index is -0.555. The fraction of sp³-hybridized carbons (Fsp3) is 0.200. The van der Waals surface area contributed by atoms with Gasteiger partial charge in [0.15, 0.2) is 0 Å². The lowest BCUT2D eigenvalue weighted by Gasteiger charge is -2.10. The summed E-state index contributed by atoms with van der Waals surface area (Å²) in [7, 11) is 0. The van der Waals surface area contributed by atoms with Crippen LogP contribution in [0.25, 0.3) is 17.4 Å². The Morgan fingerprint density at radius 1 is 1.21 bits per heavy atom. The van der Waals surface area contributed by atoms with Gasteiger partial charge in [-0.2, -0.15) is 5.26 Å². The fourth-order valence-electron chi connectivity index (χ4n) is 2.96. The van der Waals surface area contributed by atoms with Crippen LogP contribution in [0.4, 0.5) is 10.3 Å². The van der Waals surface area contributed by atoms with Gasteiger partial charge in [0, 0.05) is 29.8 Å². The molecule has 0 atom stereocenters. The summed E-state index contributed by atoms with van der Waals surface area (Å²) in [4.78, 5) is 14.6. The smallest absolute Gasteiger partial charge is 0.268 e. The number of nitrogens with one attached hydrogen (secondary N) is 1. The van der Waals surface area contributed by atoms with Crippen molar-refractivity contribution < 1.29 is 9.21 Å². The zero-order chi connectivity index (χ0) is 20.2. The van der Waals surface area contributed by atoms with Crippen molar-refractivity contribution in [2.45, 2.75) is 12.8 Å². The van der Waals surface area contributed by atoms with E-state index in [1.54, 1.807) is 24.3 Å². The molecule has 3 aromatic rings. The number of furan rings is 1. The maximum Gasteiger partial charge on any atom is 0.268 e. The Hall–Kier alpha value is -3.15. The molecule has 3 heterocycles. The van der Waals surface area contributed by atoms with Gasteiger partial charge in [0.2, 0.25) is 10.3 Å². The number of carbonyl (C=O) groups excluding carboxylic acids is 1. The number of rotatable bonds is 5. The molecule has 146 valence electrons. The van der Waals surface area contributed by atoms with E-state index in [0.717, 1.165) is 36.6 Å². The molecule has 0 bridgehead atoms. The fourth-order valence-corrected chi connectivity index (χ4v) is 3.87. The molecule has 1 fully saturated rings. The molecule has 2 aromatic heterocycles. The van der Waals surface area contributed by atoms with Gasteiger partial charge in [-0.05, 0) is 49.2 Å². The molecule has 1 aliphatic heterocycles. The summed E-state index contributed by atoms with van der Waals surface area (Å²) < 4.78 is 5.73. The largest absolute Gasteiger partial charge is 0.457 e. The number of aromatic nitrogens is 2. The number of anilines is 2. The van der Waals surface area contributed by atoms with Crippen LogP contribution in [-0.4, -0.2) is 29.2 Å². The second-order valence-corrected chi connectivity index (χ2v) is 7.81. The third-order valence-corrected chi connectivity index (χ3v) is 5.57. The zero-order valence-electron chi connectivity index (χ0n) is 15.3. The Morgan fingerprint density at radius 3 is 2.69 bits per heavy atom. The molecule has 1 N–H and O–H groups in total. The first-order chi connectivity index (χ1) is 14.1. The predicted octanol–water partition coefficient (Wildman–Crippen LogP) is 4.60. The van der Waals surface area contributed by atoms with Crippen molar-refractivity contribution in [2.75, 3.05) is 23.3 Å². The summed E-state index contributed by atoms with van der Waals surface area (Å²) in [6.45, 7) is 1.89. The molecule has 7 nitrogen and oxygen atoms in total. The van der Waals surface area contributed by atoms with Crippen LogP contribution in [0.1, 0.15) is 18.6 Å². The third kappa shape index (κ3) is 4.47. The van der Waals surface area contributed by atoms with Crippen molar-refractivity contribution >= 4 is 45.2 Å². The minimum Gasteiger partial charge on any atom is -0.457 e. The number of halogens is 1. The number of hydrogen-bond acceptors (Lipinski definition) is 7. The summed E-state index contributed by atoms with van der Waals surface area (Å²) >= 11 is 7.20. The SMILES string of the molecule is N#C/C(=C/c1ccc(-c2ccc(Cl)cc2)o1)C(=O)Nc1nnc(N2CCCC2)s1. The Bertz CT molecular complexity index is 1090. The topological polar surface area (TPSA) is 95.0 Å². The maximum absolute atomic E-state index is 12.5. The van der Waals surface area contributed by atoms with Crippen molar-refractivity contribution in [1.29, 1.82) is 5.26 Å². The van der Waals surface area contributed by atoms with Crippen LogP contribution in [0.2, 0.25) is 5.02 Å². The number of nitrogens with zero attached hydrogens (tertiary/aromatic N) is 4. The van der Waals surface area contributed by atoms with Crippen molar-refractivity contribution in [3.8, 4) is 17.4 Å². The van der Waals surface area contributed by atoms with Crippen LogP contribution in [0.15, 0.2) is 46.4 Å². The summed E-state index contributed by atoms with van der Waals surface area (Å²) in [5.41, 5.74) is 0.764. The summed E-state index contributed by atoms with van der Waals surface area (Å²) in [5.74, 6) is 0.461. The molecule has 1 saturated heterocycles. The highest BCUT2D eigenvalue weighted by molar-refractivity contribution is 7.19. The Labute approximate surface area is 176 Å². The molecule has 1 amide bonds. The highest BCUT2D eigenvalue weighted by Gasteiger charge is 2.19. The molecular weight excluding hydrogens is 410 g/mol. The summed E-state index contributed by atoms with van der Waals surface area (Å²) in [5, 5.41) is 21.9. The van der Waals surface area contributed by atoms with Crippen molar-refractivity contribution in [3.63, 3.8) is 0 Å². The monoisotopic (exact) mass is 425 g/mol. The first-order valence-corrected chi connectivity index (χ1v) is 10.2. The van der Waals surface area contributed by atoms with Gasteiger partial charge in [0.1, 0.15) is 23.2 Å². The number of amides is 1. The number of benzene rings is 1. The normalized spacial score (nSPS) is 14.1. The Morgan fingerprint density at radius 2 is 1.97 bits per heavy atom. The van der Waals surface area contributed by atoms with E-state index in [1.807, 2.05) is 18.2 Å². The molecule has 0 aliphatic carbocycles. The molecule has 0 spiro atoms. The number of nitriles is 1. The van der Waals surface area contributed by atoms with Gasteiger partial charge in [-0.25, -0.2) is 0 Å². The first kappa shape index (κ1) is 19.2. The predicted molar refractivity (Wildman–Crippen MR) is 113 cm³/mol. The summed E-state index contributed by atoms with van der Waals surface area (Å²) in [6.07, 6.45) is 3.66. The second-order valence-electron chi connectivity index (χ2n) is 6.42. The molecule has 0 radical (unpaired) electrons. The van der Waals surface area contributed by atoms with E-state index in [1.165, 1.54) is 17.4 Å². The van der Waals surface area contributed by atoms with Gasteiger partial charge in [-0.3, -0.25) is 10.1 Å². The average molecular weight is 426 g/mol. The second kappa shape index (κ2) is 8.47. The van der Waals surface area contributed by atoms with E-state index in [2.05, 4.69) is 20.4 Å². The van der Waals surface area contributed by atoms with Crippen LogP contribution in [-0.2, 0) is 4.79 Å². The van der Waals surface area contributed by atoms with Gasteiger partial charge >= 0.3 is 0 Å². The lowest BCUT2D eigenvalue weighted by atomic mass is 10.2. The van der Waals surface area contributed by atoms with E-state index < -0.39 is 5.91 Å². The van der Waals surface area contributed by atoms with Gasteiger partial charge < -0.3 is 9.32 Å². The van der Waals surface area contributed by atoms with Gasteiger partial charge in [-0.15, -0.1) is 10.2 Å². The molecule has 9 heteroatoms. The molecule has 4 rings (SSSR count). The highest BCUT2D eigenvalue weighted by Crippen LogP contribution is 2.28. The van der Waals surface area contributed by atoms with Crippen LogP contribution in [0, 0.1) is 11.3 Å². The summed E-state index contributed by atoms with van der Waals surface area (Å²) in [6, 6.07) is 12.6. The van der Waals surface area contributed by atoms with E-state index in [4.69, 9.17) is 16.0 Å². The maximum atomic E-state index is 12.5. The molecule has 0 unspecified atom stereocenters. The Kier molecular flexibility index (Phi) is 5.60. The molecule has 0 saturated carbocycles. The lowest BCUT2D eigenvalue weighted by Crippen LogP contribution is -2.17. The van der Waals surface area contributed by atoms with E-state index in [-0.39, 0.29) is 5.57 Å². The standard InChI is InChI=1S/C20H16ClN5O2S/c21-15-5-3-13(4-6-15)17-8-7-16(28-17)11-14(12-22)18(27)23-19-24-25-20(29-19)26-9-1-2-10-26/h3-8,11H,1-2,9-10H2,(H,23,24,27)/b14-11-. The molecular formula is C20H16ClN5O2S. The quantitative estimate of drug-likeness (QED) is 0.474. The van der Waals surface area contributed by atoms with E-state index in [9.17, 15) is 10.1 Å². The number of hydrogen-bond donors (Lipinski definition) is 1. The van der Waals surface area contributed by atoms with Gasteiger partial charge in [0.05, 0.1) is 0 Å². The molecule has 1 aliphatic rings. The van der Waals surface area contributed by atoms with Gasteiger partial charge in [-0.1, -0.05) is 22.9 Å². The minimum absolute atomic E-state index is 0.0834. The molecule has 29 heavy (non-hydrogen) atoms. The van der Waals surface area contributed by atoms with Crippen molar-refractivity contribution in [2.24, 2.45) is 0 Å². The van der Waals surface area contributed by atoms with E-state index >= 15 is 0 Å². The number of carbonyl (C=O) groups is 1. The van der Waals surface area contributed by atoms with Crippen LogP contribution in [0.5, 0.6) is 0 Å². The van der Waals surface area contributed by atoms with Crippen molar-refractivity contribution in [3.05, 3.63) is 52.8 Å². The third-order valence-electron chi connectivity index (χ3n) is 4.42. The van der Waals surface area contributed by atoms with Crippen LogP contribution < -0.4 is 10.2 Å². The highest BCUT2D eigenvalue weighted by atomic mass is 35.5. The zero-order valence-corrected chi connectivity index (χ0v) is 16.8.